The first-order valence-electron chi connectivity index (χ1n) is 5.36. The van der Waals surface area contributed by atoms with E-state index in [0.29, 0.717) is 26.1 Å². The molecular weight excluding hydrogens is 226 g/mol. The summed E-state index contributed by atoms with van der Waals surface area (Å²) in [5.41, 5.74) is 1.02. The molecule has 1 aliphatic rings. The second-order valence-electron chi connectivity index (χ2n) is 3.89. The molecule has 2 rings (SSSR count). The Kier molecular flexibility index (Phi) is 3.80. The van der Waals surface area contributed by atoms with Crippen molar-refractivity contribution >= 4 is 17.5 Å². The van der Waals surface area contributed by atoms with Gasteiger partial charge in [-0.05, 0) is 18.1 Å². The lowest BCUT2D eigenvalue weighted by molar-refractivity contribution is -0.125. The first-order chi connectivity index (χ1) is 7.75. The third kappa shape index (κ3) is 2.97. The molecule has 1 fully saturated rings. The van der Waals surface area contributed by atoms with Crippen molar-refractivity contribution in [3.8, 4) is 0 Å². The van der Waals surface area contributed by atoms with E-state index in [-0.39, 0.29) is 11.9 Å². The quantitative estimate of drug-likeness (QED) is 0.870. The fourth-order valence-electron chi connectivity index (χ4n) is 1.57. The van der Waals surface area contributed by atoms with Gasteiger partial charge in [0.05, 0.1) is 19.3 Å². The van der Waals surface area contributed by atoms with Crippen LogP contribution in [0.4, 0.5) is 0 Å². The van der Waals surface area contributed by atoms with Crippen LogP contribution < -0.4 is 5.32 Å². The number of hydrogen-bond acceptors (Lipinski definition) is 2. The summed E-state index contributed by atoms with van der Waals surface area (Å²) in [5, 5.41) is 3.62. The predicted molar refractivity (Wildman–Crippen MR) is 62.5 cm³/mol. The number of hydrogen-bond donors (Lipinski definition) is 1. The van der Waals surface area contributed by atoms with Gasteiger partial charge >= 0.3 is 0 Å². The normalized spacial score (nSPS) is 15.6. The van der Waals surface area contributed by atoms with Gasteiger partial charge in [0.2, 0.25) is 5.91 Å². The van der Waals surface area contributed by atoms with E-state index in [9.17, 15) is 4.79 Å². The summed E-state index contributed by atoms with van der Waals surface area (Å²) < 4.78 is 4.98. The van der Waals surface area contributed by atoms with Gasteiger partial charge in [-0.25, -0.2) is 0 Å². The average Bonchev–Trinajstić information content (AvgIpc) is 2.22. The Morgan fingerprint density at radius 1 is 1.44 bits per heavy atom. The number of carbonyl (C=O) groups excluding carboxylic acids is 1. The molecule has 0 radical (unpaired) electrons. The Hall–Kier alpha value is -1.06. The summed E-state index contributed by atoms with van der Waals surface area (Å²) in [6.07, 6.45) is 1.15. The summed E-state index contributed by atoms with van der Waals surface area (Å²) in [6, 6.07) is 7.81. The molecule has 1 aromatic rings. The van der Waals surface area contributed by atoms with Crippen LogP contribution in [0, 0.1) is 0 Å². The molecule has 1 saturated heterocycles. The number of aryl methyl sites for hydroxylation is 1. The van der Waals surface area contributed by atoms with Crippen LogP contribution in [-0.4, -0.2) is 25.2 Å². The van der Waals surface area contributed by atoms with E-state index in [1.807, 2.05) is 24.3 Å². The van der Waals surface area contributed by atoms with Gasteiger partial charge in [0.1, 0.15) is 0 Å². The number of amides is 1. The second kappa shape index (κ2) is 5.32. The van der Waals surface area contributed by atoms with Crippen molar-refractivity contribution in [2.45, 2.75) is 18.9 Å². The topological polar surface area (TPSA) is 38.3 Å². The number of carbonyl (C=O) groups is 1. The van der Waals surface area contributed by atoms with Crippen LogP contribution in [0.2, 0.25) is 5.02 Å². The van der Waals surface area contributed by atoms with Gasteiger partial charge in [-0.15, -0.1) is 0 Å². The molecule has 0 aromatic heterocycles. The fourth-order valence-corrected chi connectivity index (χ4v) is 1.80. The van der Waals surface area contributed by atoms with E-state index in [0.717, 1.165) is 10.6 Å². The van der Waals surface area contributed by atoms with E-state index in [2.05, 4.69) is 5.32 Å². The zero-order chi connectivity index (χ0) is 11.4. The minimum absolute atomic E-state index is 0.0632. The van der Waals surface area contributed by atoms with Gasteiger partial charge in [-0.2, -0.15) is 0 Å². The molecule has 1 aliphatic heterocycles. The Balaban J connectivity index is 1.78. The van der Waals surface area contributed by atoms with Crippen LogP contribution in [0.1, 0.15) is 12.0 Å². The Labute approximate surface area is 99.7 Å². The summed E-state index contributed by atoms with van der Waals surface area (Å²) in [5.74, 6) is 0.0632. The van der Waals surface area contributed by atoms with Crippen molar-refractivity contribution in [1.82, 2.24) is 5.32 Å². The molecule has 0 spiro atoms. The third-order valence-electron chi connectivity index (χ3n) is 2.58. The van der Waals surface area contributed by atoms with Gasteiger partial charge in [0.15, 0.2) is 0 Å². The highest BCUT2D eigenvalue weighted by atomic mass is 35.5. The first kappa shape index (κ1) is 11.4. The largest absolute Gasteiger partial charge is 0.377 e. The molecule has 1 N–H and O–H groups in total. The van der Waals surface area contributed by atoms with E-state index in [4.69, 9.17) is 16.3 Å². The van der Waals surface area contributed by atoms with Crippen molar-refractivity contribution in [1.29, 1.82) is 0 Å². The van der Waals surface area contributed by atoms with E-state index >= 15 is 0 Å². The Bertz CT molecular complexity index is 377. The summed E-state index contributed by atoms with van der Waals surface area (Å²) >= 11 is 6.00. The zero-order valence-electron chi connectivity index (χ0n) is 8.91. The number of ether oxygens (including phenoxy) is 1. The maximum atomic E-state index is 11.5. The molecule has 3 nitrogen and oxygen atoms in total. The average molecular weight is 240 g/mol. The SMILES string of the molecule is O=C(CCc1ccccc1Cl)NC1COC1. The first-order valence-corrected chi connectivity index (χ1v) is 5.74. The molecule has 16 heavy (non-hydrogen) atoms. The van der Waals surface area contributed by atoms with Crippen LogP contribution in [0.5, 0.6) is 0 Å². The van der Waals surface area contributed by atoms with Crippen molar-refractivity contribution in [3.05, 3.63) is 34.9 Å². The highest BCUT2D eigenvalue weighted by Crippen LogP contribution is 2.16. The minimum Gasteiger partial charge on any atom is -0.377 e. The van der Waals surface area contributed by atoms with Crippen LogP contribution in [0.25, 0.3) is 0 Å². The molecule has 1 heterocycles. The summed E-state index contributed by atoms with van der Waals surface area (Å²) in [4.78, 5) is 11.5. The van der Waals surface area contributed by atoms with Crippen molar-refractivity contribution < 1.29 is 9.53 Å². The molecule has 1 aromatic carbocycles. The lowest BCUT2D eigenvalue weighted by Gasteiger charge is -2.26. The Morgan fingerprint density at radius 2 is 2.19 bits per heavy atom. The molecule has 4 heteroatoms. The van der Waals surface area contributed by atoms with Gasteiger partial charge in [-0.1, -0.05) is 29.8 Å². The molecule has 0 saturated carbocycles. The third-order valence-corrected chi connectivity index (χ3v) is 2.95. The number of halogens is 1. The molecule has 0 atom stereocenters. The van der Waals surface area contributed by atoms with Gasteiger partial charge in [0, 0.05) is 11.4 Å². The minimum atomic E-state index is 0.0632. The van der Waals surface area contributed by atoms with E-state index in [1.54, 1.807) is 0 Å². The number of rotatable bonds is 4. The van der Waals surface area contributed by atoms with Gasteiger partial charge in [0.25, 0.3) is 0 Å². The standard InChI is InChI=1S/C12H14ClNO2/c13-11-4-2-1-3-9(11)5-6-12(15)14-10-7-16-8-10/h1-4,10H,5-8H2,(H,14,15). The summed E-state index contributed by atoms with van der Waals surface area (Å²) in [6.45, 7) is 1.27. The van der Waals surface area contributed by atoms with Crippen molar-refractivity contribution in [2.75, 3.05) is 13.2 Å². The fraction of sp³-hybridized carbons (Fsp3) is 0.417. The zero-order valence-corrected chi connectivity index (χ0v) is 9.67. The van der Waals surface area contributed by atoms with Crippen molar-refractivity contribution in [2.24, 2.45) is 0 Å². The smallest absolute Gasteiger partial charge is 0.220 e. The second-order valence-corrected chi connectivity index (χ2v) is 4.30. The van der Waals surface area contributed by atoms with Crippen LogP contribution >= 0.6 is 11.6 Å². The van der Waals surface area contributed by atoms with Gasteiger partial charge in [-0.3, -0.25) is 4.79 Å². The molecule has 0 unspecified atom stereocenters. The predicted octanol–water partition coefficient (Wildman–Crippen LogP) is 1.79. The van der Waals surface area contributed by atoms with Crippen LogP contribution in [-0.2, 0) is 16.0 Å². The monoisotopic (exact) mass is 239 g/mol. The van der Waals surface area contributed by atoms with Crippen LogP contribution in [0.15, 0.2) is 24.3 Å². The van der Waals surface area contributed by atoms with E-state index < -0.39 is 0 Å². The maximum absolute atomic E-state index is 11.5. The van der Waals surface area contributed by atoms with Gasteiger partial charge < -0.3 is 10.1 Å². The van der Waals surface area contributed by atoms with Crippen molar-refractivity contribution in [3.63, 3.8) is 0 Å². The van der Waals surface area contributed by atoms with E-state index in [1.165, 1.54) is 0 Å². The number of benzene rings is 1. The molecule has 86 valence electrons. The Morgan fingerprint density at radius 3 is 2.81 bits per heavy atom. The molecule has 1 amide bonds. The highest BCUT2D eigenvalue weighted by Gasteiger charge is 2.19. The lowest BCUT2D eigenvalue weighted by Crippen LogP contribution is -2.48. The summed E-state index contributed by atoms with van der Waals surface area (Å²) in [7, 11) is 0. The molecule has 0 aliphatic carbocycles. The lowest BCUT2D eigenvalue weighted by atomic mass is 10.1. The molecule has 0 bridgehead atoms. The number of nitrogens with one attached hydrogen (secondary N) is 1. The maximum Gasteiger partial charge on any atom is 0.220 e. The van der Waals surface area contributed by atoms with Crippen LogP contribution in [0.3, 0.4) is 0 Å². The highest BCUT2D eigenvalue weighted by molar-refractivity contribution is 6.31. The molecular formula is C12H14ClNO2.